The quantitative estimate of drug-likeness (QED) is 0.751. The molecular weight excluding hydrogens is 382 g/mol. The SMILES string of the molecule is Cc1cnn(CC(=O)N2C[C@@H]3CN(C(=O)c4ccccc4)C[C@]3(C(=O)N(C)C)C2)c1. The largest absolute Gasteiger partial charge is 0.348 e. The highest BCUT2D eigenvalue weighted by Crippen LogP contribution is 2.44. The van der Waals surface area contributed by atoms with Crippen LogP contribution in [0.4, 0.5) is 0 Å². The van der Waals surface area contributed by atoms with Crippen LogP contribution < -0.4 is 0 Å². The van der Waals surface area contributed by atoms with Gasteiger partial charge in [-0.05, 0) is 24.6 Å². The molecule has 0 N–H and O–H groups in total. The van der Waals surface area contributed by atoms with Gasteiger partial charge in [0.1, 0.15) is 6.54 Å². The molecule has 1 aromatic heterocycles. The summed E-state index contributed by atoms with van der Waals surface area (Å²) in [5.74, 6) is -0.232. The molecule has 8 nitrogen and oxygen atoms in total. The van der Waals surface area contributed by atoms with Crippen LogP contribution in [-0.2, 0) is 16.1 Å². The van der Waals surface area contributed by atoms with E-state index in [0.717, 1.165) is 5.56 Å². The minimum absolute atomic E-state index is 0.0268. The van der Waals surface area contributed by atoms with Crippen molar-refractivity contribution in [3.05, 3.63) is 53.9 Å². The first-order valence-corrected chi connectivity index (χ1v) is 10.1. The van der Waals surface area contributed by atoms with Gasteiger partial charge >= 0.3 is 0 Å². The van der Waals surface area contributed by atoms with E-state index in [0.29, 0.717) is 31.7 Å². The lowest BCUT2D eigenvalue weighted by Crippen LogP contribution is -2.48. The molecule has 2 saturated heterocycles. The summed E-state index contributed by atoms with van der Waals surface area (Å²) in [5, 5.41) is 4.19. The van der Waals surface area contributed by atoms with Crippen LogP contribution in [-0.4, -0.2) is 82.5 Å². The number of aromatic nitrogens is 2. The van der Waals surface area contributed by atoms with Gasteiger partial charge in [0.15, 0.2) is 0 Å². The summed E-state index contributed by atoms with van der Waals surface area (Å²) in [6.07, 6.45) is 3.55. The monoisotopic (exact) mass is 409 g/mol. The van der Waals surface area contributed by atoms with E-state index in [1.165, 1.54) is 0 Å². The van der Waals surface area contributed by atoms with Gasteiger partial charge in [0.2, 0.25) is 11.8 Å². The van der Waals surface area contributed by atoms with E-state index in [2.05, 4.69) is 5.10 Å². The van der Waals surface area contributed by atoms with E-state index in [9.17, 15) is 14.4 Å². The van der Waals surface area contributed by atoms with Crippen molar-refractivity contribution in [3.63, 3.8) is 0 Å². The number of benzene rings is 1. The third-order valence-electron chi connectivity index (χ3n) is 6.16. The molecule has 1 aromatic carbocycles. The fourth-order valence-electron chi connectivity index (χ4n) is 4.71. The second-order valence-corrected chi connectivity index (χ2v) is 8.59. The van der Waals surface area contributed by atoms with Crippen molar-refractivity contribution in [2.75, 3.05) is 40.3 Å². The molecule has 0 unspecified atom stereocenters. The molecule has 0 saturated carbocycles. The predicted octanol–water partition coefficient (Wildman–Crippen LogP) is 0.881. The molecule has 3 heterocycles. The summed E-state index contributed by atoms with van der Waals surface area (Å²) in [7, 11) is 3.46. The summed E-state index contributed by atoms with van der Waals surface area (Å²) >= 11 is 0. The Kier molecular flexibility index (Phi) is 5.09. The van der Waals surface area contributed by atoms with Crippen LogP contribution in [0.2, 0.25) is 0 Å². The number of hydrogen-bond acceptors (Lipinski definition) is 4. The first kappa shape index (κ1) is 20.1. The lowest BCUT2D eigenvalue weighted by Gasteiger charge is -2.30. The zero-order valence-corrected chi connectivity index (χ0v) is 17.6. The number of fused-ring (bicyclic) bond motifs is 1. The summed E-state index contributed by atoms with van der Waals surface area (Å²) in [5.41, 5.74) is 0.853. The van der Waals surface area contributed by atoms with Gasteiger partial charge in [-0.1, -0.05) is 18.2 Å². The Labute approximate surface area is 176 Å². The van der Waals surface area contributed by atoms with Gasteiger partial charge < -0.3 is 14.7 Å². The van der Waals surface area contributed by atoms with Crippen LogP contribution in [0.1, 0.15) is 15.9 Å². The Bertz CT molecular complexity index is 970. The lowest BCUT2D eigenvalue weighted by atomic mass is 9.80. The zero-order valence-electron chi connectivity index (χ0n) is 17.6. The fourth-order valence-corrected chi connectivity index (χ4v) is 4.71. The number of aryl methyl sites for hydroxylation is 1. The maximum absolute atomic E-state index is 13.2. The Morgan fingerprint density at radius 2 is 1.77 bits per heavy atom. The van der Waals surface area contributed by atoms with Gasteiger partial charge in [0.25, 0.3) is 5.91 Å². The van der Waals surface area contributed by atoms with E-state index in [1.54, 1.807) is 51.8 Å². The van der Waals surface area contributed by atoms with E-state index < -0.39 is 5.41 Å². The van der Waals surface area contributed by atoms with Crippen LogP contribution in [0.15, 0.2) is 42.7 Å². The maximum Gasteiger partial charge on any atom is 0.253 e. The summed E-state index contributed by atoms with van der Waals surface area (Å²) in [6, 6.07) is 9.12. The highest BCUT2D eigenvalue weighted by molar-refractivity contribution is 5.96. The Morgan fingerprint density at radius 1 is 1.10 bits per heavy atom. The van der Waals surface area contributed by atoms with Crippen LogP contribution in [0, 0.1) is 18.3 Å². The predicted molar refractivity (Wildman–Crippen MR) is 111 cm³/mol. The van der Waals surface area contributed by atoms with Crippen molar-refractivity contribution in [2.45, 2.75) is 13.5 Å². The molecule has 30 heavy (non-hydrogen) atoms. The minimum atomic E-state index is -0.760. The molecule has 0 aliphatic carbocycles. The van der Waals surface area contributed by atoms with Crippen molar-refractivity contribution in [1.29, 1.82) is 0 Å². The number of rotatable bonds is 4. The fraction of sp³-hybridized carbons (Fsp3) is 0.455. The van der Waals surface area contributed by atoms with E-state index in [-0.39, 0.29) is 30.2 Å². The Morgan fingerprint density at radius 3 is 2.40 bits per heavy atom. The lowest BCUT2D eigenvalue weighted by molar-refractivity contribution is -0.140. The maximum atomic E-state index is 13.2. The first-order chi connectivity index (χ1) is 14.3. The number of amides is 3. The van der Waals surface area contributed by atoms with Crippen molar-refractivity contribution in [3.8, 4) is 0 Å². The molecule has 2 aromatic rings. The van der Waals surface area contributed by atoms with Crippen LogP contribution in [0.25, 0.3) is 0 Å². The molecule has 2 aliphatic heterocycles. The number of nitrogens with zero attached hydrogens (tertiary/aromatic N) is 5. The second-order valence-electron chi connectivity index (χ2n) is 8.59. The van der Waals surface area contributed by atoms with E-state index in [4.69, 9.17) is 0 Å². The van der Waals surface area contributed by atoms with Crippen molar-refractivity contribution in [1.82, 2.24) is 24.5 Å². The molecule has 2 atom stereocenters. The molecule has 2 aliphatic rings. The topological polar surface area (TPSA) is 78.8 Å². The van der Waals surface area contributed by atoms with Gasteiger partial charge in [-0.3, -0.25) is 19.1 Å². The average Bonchev–Trinajstić information content (AvgIpc) is 3.40. The van der Waals surface area contributed by atoms with Crippen LogP contribution in [0.5, 0.6) is 0 Å². The molecule has 8 heteroatoms. The third-order valence-corrected chi connectivity index (χ3v) is 6.16. The molecule has 158 valence electrons. The summed E-state index contributed by atoms with van der Waals surface area (Å²) in [4.78, 5) is 44.2. The number of hydrogen-bond donors (Lipinski definition) is 0. The molecular formula is C22H27N5O3. The highest BCUT2D eigenvalue weighted by Gasteiger charge is 2.59. The molecule has 3 amide bonds. The molecule has 0 radical (unpaired) electrons. The van der Waals surface area contributed by atoms with Crippen LogP contribution >= 0.6 is 0 Å². The second kappa shape index (κ2) is 7.59. The average molecular weight is 409 g/mol. The molecule has 2 fully saturated rings. The zero-order chi connectivity index (χ0) is 21.5. The number of likely N-dealkylation sites (tertiary alicyclic amines) is 2. The van der Waals surface area contributed by atoms with Crippen molar-refractivity contribution < 1.29 is 14.4 Å². The Balaban J connectivity index is 1.53. The smallest absolute Gasteiger partial charge is 0.253 e. The van der Waals surface area contributed by atoms with Gasteiger partial charge in [0, 0.05) is 58.0 Å². The van der Waals surface area contributed by atoms with E-state index in [1.807, 2.05) is 31.3 Å². The van der Waals surface area contributed by atoms with Crippen LogP contribution in [0.3, 0.4) is 0 Å². The van der Waals surface area contributed by atoms with Gasteiger partial charge in [-0.15, -0.1) is 0 Å². The first-order valence-electron chi connectivity index (χ1n) is 10.1. The minimum Gasteiger partial charge on any atom is -0.348 e. The molecule has 4 rings (SSSR count). The van der Waals surface area contributed by atoms with Gasteiger partial charge in [-0.2, -0.15) is 5.10 Å². The molecule has 0 spiro atoms. The Hall–Kier alpha value is -3.16. The molecule has 0 bridgehead atoms. The van der Waals surface area contributed by atoms with E-state index >= 15 is 0 Å². The third kappa shape index (κ3) is 3.46. The summed E-state index contributed by atoms with van der Waals surface area (Å²) < 4.78 is 1.62. The number of carbonyl (C=O) groups is 3. The normalized spacial score (nSPS) is 22.8. The summed E-state index contributed by atoms with van der Waals surface area (Å²) in [6.45, 7) is 3.67. The standard InChI is InChI=1S/C22H27N5O3/c1-16-9-23-27(10-16)13-19(28)25-11-18-12-26(20(29)17-7-5-4-6-8-17)15-22(18,14-25)21(30)24(2)3/h4-10,18H,11-15H2,1-3H3/t18-,22-/m1/s1. The number of carbonyl (C=O) groups excluding carboxylic acids is 3. The van der Waals surface area contributed by atoms with Gasteiger partial charge in [0.05, 0.1) is 11.6 Å². The highest BCUT2D eigenvalue weighted by atomic mass is 16.2. The van der Waals surface area contributed by atoms with Crippen molar-refractivity contribution >= 4 is 17.7 Å². The van der Waals surface area contributed by atoms with Gasteiger partial charge in [-0.25, -0.2) is 0 Å². The van der Waals surface area contributed by atoms with Crippen molar-refractivity contribution in [2.24, 2.45) is 11.3 Å².